The van der Waals surface area contributed by atoms with Gasteiger partial charge in [-0.15, -0.1) is 24.2 Å². The fourth-order valence-electron chi connectivity index (χ4n) is 0.516. The molecule has 0 aliphatic rings. The summed E-state index contributed by atoms with van der Waals surface area (Å²) in [6, 6.07) is -1.04. The van der Waals surface area contributed by atoms with Crippen LogP contribution in [-0.2, 0) is 37.5 Å². The SMILES string of the molecule is CCC([NH-])CO.CCC([NH-])CO.CCC([NH-])CO.CCC([NH-])CO.[Cl][Pt+2][Cl].[Pt+2]. The van der Waals surface area contributed by atoms with Gasteiger partial charge in [-0.1, -0.05) is 53.4 Å². The van der Waals surface area contributed by atoms with Gasteiger partial charge in [0.05, 0.1) is 0 Å². The van der Waals surface area contributed by atoms with Gasteiger partial charge in [-0.3, -0.25) is 0 Å². The quantitative estimate of drug-likeness (QED) is 0.280. The average Bonchev–Trinajstić information content (AvgIpc) is 2.72. The Labute approximate surface area is 202 Å². The summed E-state index contributed by atoms with van der Waals surface area (Å²) < 4.78 is 0. The van der Waals surface area contributed by atoms with E-state index in [9.17, 15) is 0 Å². The Morgan fingerprint density at radius 3 is 0.679 bits per heavy atom. The van der Waals surface area contributed by atoms with Crippen molar-refractivity contribution in [1.29, 1.82) is 0 Å². The normalized spacial score (nSPS) is 13.2. The fourth-order valence-corrected chi connectivity index (χ4v) is 0.516. The molecular weight excluding hydrogens is 773 g/mol. The molecule has 0 fully saturated rings. The summed E-state index contributed by atoms with van der Waals surface area (Å²) in [5.41, 5.74) is 27.3. The van der Waals surface area contributed by atoms with Gasteiger partial charge in [0, 0.05) is 26.4 Å². The first-order chi connectivity index (χ1) is 12.6. The second-order valence-corrected chi connectivity index (χ2v) is 8.48. The van der Waals surface area contributed by atoms with Crippen molar-refractivity contribution in [3.8, 4) is 0 Å². The molecule has 0 saturated carbocycles. The topological polar surface area (TPSA) is 176 Å². The van der Waals surface area contributed by atoms with E-state index in [4.69, 9.17) is 62.2 Å². The first-order valence-corrected chi connectivity index (χ1v) is 14.4. The van der Waals surface area contributed by atoms with Crippen molar-refractivity contribution in [1.82, 2.24) is 0 Å². The van der Waals surface area contributed by atoms with Crippen molar-refractivity contribution < 1.29 is 58.0 Å². The largest absolute Gasteiger partial charge is 2.00 e. The molecule has 0 aromatic heterocycles. The minimum absolute atomic E-state index is 0. The monoisotopic (exact) mass is 812 g/mol. The molecule has 4 atom stereocenters. The third-order valence-electron chi connectivity index (χ3n) is 2.85. The predicted molar refractivity (Wildman–Crippen MR) is 114 cm³/mol. The summed E-state index contributed by atoms with van der Waals surface area (Å²) in [5, 5.41) is 32.6. The van der Waals surface area contributed by atoms with Gasteiger partial charge in [-0.25, -0.2) is 0 Å². The second-order valence-electron chi connectivity index (χ2n) is 5.20. The molecule has 0 amide bonds. The summed E-state index contributed by atoms with van der Waals surface area (Å²) in [4.78, 5) is 0. The van der Waals surface area contributed by atoms with Gasteiger partial charge >= 0.3 is 56.4 Å². The molecule has 8 nitrogen and oxygen atoms in total. The number of nitrogens with one attached hydrogen (secondary N) is 4. The Hall–Kier alpha value is 1.64. The third kappa shape index (κ3) is 63.0. The van der Waals surface area contributed by atoms with Crippen molar-refractivity contribution in [3.05, 3.63) is 22.9 Å². The van der Waals surface area contributed by atoms with Crippen LogP contribution in [0.1, 0.15) is 53.4 Å². The molecule has 0 aromatic carbocycles. The van der Waals surface area contributed by atoms with Crippen LogP contribution in [0.5, 0.6) is 0 Å². The maximum absolute atomic E-state index is 8.15. The molecule has 4 unspecified atom stereocenters. The Balaban J connectivity index is -0.0000000544. The third-order valence-corrected chi connectivity index (χ3v) is 2.85. The molecule has 0 radical (unpaired) electrons. The minimum atomic E-state index is -0.472. The van der Waals surface area contributed by atoms with Crippen LogP contribution < -0.4 is 0 Å². The summed E-state index contributed by atoms with van der Waals surface area (Å²) in [6.45, 7) is 7.52. The van der Waals surface area contributed by atoms with Gasteiger partial charge in [0.1, 0.15) is 0 Å². The maximum atomic E-state index is 8.15. The fraction of sp³-hybridized carbons (Fsp3) is 1.00. The molecule has 0 bridgehead atoms. The molecular formula is C16H40Cl2N4O4Pt2. The summed E-state index contributed by atoms with van der Waals surface area (Å²) in [5.74, 6) is 0. The maximum Gasteiger partial charge on any atom is 2.00 e. The van der Waals surface area contributed by atoms with E-state index < -0.39 is 16.5 Å². The number of halogens is 2. The van der Waals surface area contributed by atoms with Crippen LogP contribution >= 0.6 is 18.8 Å². The van der Waals surface area contributed by atoms with Crippen LogP contribution in [0.3, 0.4) is 0 Å². The minimum Gasteiger partial charge on any atom is 2.00 e. The van der Waals surface area contributed by atoms with Crippen LogP contribution in [-0.4, -0.2) is 71.0 Å². The smallest absolute Gasteiger partial charge is 2.00 e. The summed E-state index contributed by atoms with van der Waals surface area (Å²) in [6.07, 6.45) is 2.99. The van der Waals surface area contributed by atoms with Gasteiger partial charge < -0.3 is 43.4 Å². The Kier molecular flexibility index (Phi) is 66.3. The van der Waals surface area contributed by atoms with Crippen LogP contribution in [0.2, 0.25) is 0 Å². The van der Waals surface area contributed by atoms with E-state index >= 15 is 0 Å². The zero-order valence-electron chi connectivity index (χ0n) is 17.1. The van der Waals surface area contributed by atoms with E-state index in [1.54, 1.807) is 0 Å². The van der Waals surface area contributed by atoms with Crippen molar-refractivity contribution in [2.75, 3.05) is 26.4 Å². The average molecular weight is 814 g/mol. The molecule has 0 aliphatic carbocycles. The van der Waals surface area contributed by atoms with E-state index in [1.165, 1.54) is 0 Å². The van der Waals surface area contributed by atoms with Gasteiger partial charge in [-0.05, 0) is 0 Å². The summed E-state index contributed by atoms with van der Waals surface area (Å²) in [7, 11) is 9.75. The number of aliphatic hydroxyl groups excluding tert-OH is 4. The Morgan fingerprint density at radius 2 is 0.679 bits per heavy atom. The van der Waals surface area contributed by atoms with Crippen LogP contribution in [0.4, 0.5) is 0 Å². The first-order valence-electron chi connectivity index (χ1n) is 8.75. The Bertz CT molecular complexity index is 179. The van der Waals surface area contributed by atoms with E-state index in [2.05, 4.69) is 0 Å². The zero-order valence-corrected chi connectivity index (χ0v) is 23.2. The molecule has 0 heterocycles. The van der Waals surface area contributed by atoms with Crippen molar-refractivity contribution in [2.24, 2.45) is 0 Å². The van der Waals surface area contributed by atoms with E-state index in [0.717, 1.165) is 25.7 Å². The molecule has 182 valence electrons. The Morgan fingerprint density at radius 1 is 0.571 bits per heavy atom. The van der Waals surface area contributed by atoms with Crippen LogP contribution in [0, 0.1) is 0 Å². The van der Waals surface area contributed by atoms with Gasteiger partial charge in [0.25, 0.3) is 0 Å². The van der Waals surface area contributed by atoms with Crippen LogP contribution in [0.25, 0.3) is 22.9 Å². The van der Waals surface area contributed by atoms with Gasteiger partial charge in [-0.2, -0.15) is 0 Å². The predicted octanol–water partition coefficient (Wildman–Crippen LogP) is 4.61. The second kappa shape index (κ2) is 42.7. The van der Waals surface area contributed by atoms with E-state index in [1.807, 2.05) is 27.7 Å². The summed E-state index contributed by atoms with van der Waals surface area (Å²) >= 11 is -0.472. The molecule has 28 heavy (non-hydrogen) atoms. The standard InChI is InChI=1S/4C4H10NO.2ClH.2Pt/c4*1-2-4(5)3-6;;;;/h4*4-6H,2-3H2,1H3;2*1H;;/q4*-1;;;+2;+4/p-2. The van der Waals surface area contributed by atoms with Crippen molar-refractivity contribution in [2.45, 2.75) is 77.5 Å². The molecule has 12 heteroatoms. The molecule has 0 rings (SSSR count). The number of aliphatic hydroxyl groups is 4. The van der Waals surface area contributed by atoms with Crippen molar-refractivity contribution >= 4 is 18.8 Å². The zero-order chi connectivity index (χ0) is 22.7. The number of rotatable bonds is 8. The van der Waals surface area contributed by atoms with E-state index in [0.29, 0.717) is 0 Å². The molecule has 8 N–H and O–H groups in total. The van der Waals surface area contributed by atoms with E-state index in [-0.39, 0.29) is 71.7 Å². The number of hydrogen-bond acceptors (Lipinski definition) is 4. The molecule has 0 spiro atoms. The number of hydrogen-bond donors (Lipinski definition) is 4. The van der Waals surface area contributed by atoms with Crippen LogP contribution in [0.15, 0.2) is 0 Å². The molecule has 0 aliphatic heterocycles. The van der Waals surface area contributed by atoms with Gasteiger partial charge in [0.2, 0.25) is 0 Å². The van der Waals surface area contributed by atoms with Gasteiger partial charge in [0.15, 0.2) is 0 Å². The molecule has 0 saturated heterocycles. The first kappa shape index (κ1) is 43.5. The molecule has 0 aromatic rings. The van der Waals surface area contributed by atoms with Crippen molar-refractivity contribution in [3.63, 3.8) is 0 Å².